The van der Waals surface area contributed by atoms with Crippen molar-refractivity contribution in [1.82, 2.24) is 19.9 Å². The molecule has 0 spiro atoms. The lowest BCUT2D eigenvalue weighted by molar-refractivity contribution is 0.130. The van der Waals surface area contributed by atoms with Crippen LogP contribution in [-0.4, -0.2) is 53.2 Å². The molecule has 124 valence electrons. The molecule has 0 amide bonds. The molecule has 1 aliphatic rings. The van der Waals surface area contributed by atoms with Crippen molar-refractivity contribution in [3.8, 4) is 0 Å². The number of nitrogens with zero attached hydrogens (tertiary/aromatic N) is 4. The first-order chi connectivity index (χ1) is 11.3. The first-order valence-corrected chi connectivity index (χ1v) is 8.85. The topological polar surface area (TPSA) is 63.2 Å². The molecule has 0 aromatic carbocycles. The van der Waals surface area contributed by atoms with E-state index in [0.717, 1.165) is 61.4 Å². The molecule has 1 N–H and O–H groups in total. The van der Waals surface area contributed by atoms with Gasteiger partial charge in [-0.1, -0.05) is 0 Å². The molecule has 3 heterocycles. The second kappa shape index (κ2) is 7.81. The van der Waals surface area contributed by atoms with Gasteiger partial charge in [0.05, 0.1) is 18.0 Å². The van der Waals surface area contributed by atoms with Gasteiger partial charge < -0.3 is 15.0 Å². The van der Waals surface area contributed by atoms with Crippen LogP contribution >= 0.6 is 11.3 Å². The maximum atomic E-state index is 5.16. The van der Waals surface area contributed by atoms with E-state index in [1.165, 1.54) is 0 Å². The number of aryl methyl sites for hydroxylation is 1. The first kappa shape index (κ1) is 16.3. The summed E-state index contributed by atoms with van der Waals surface area (Å²) in [4.78, 5) is 16.0. The fourth-order valence-corrected chi connectivity index (χ4v) is 3.59. The Morgan fingerprint density at radius 2 is 2.09 bits per heavy atom. The van der Waals surface area contributed by atoms with Crippen LogP contribution in [0.3, 0.4) is 0 Å². The van der Waals surface area contributed by atoms with E-state index in [4.69, 9.17) is 4.74 Å². The van der Waals surface area contributed by atoms with Crippen LogP contribution in [0.5, 0.6) is 0 Å². The number of hydrogen-bond donors (Lipinski definition) is 1. The molecule has 7 heteroatoms. The van der Waals surface area contributed by atoms with Crippen LogP contribution in [-0.2, 0) is 4.74 Å². The van der Waals surface area contributed by atoms with Crippen molar-refractivity contribution in [2.75, 3.05) is 38.7 Å². The molecular weight excluding hydrogens is 310 g/mol. The molecule has 0 radical (unpaired) electrons. The molecule has 0 unspecified atom stereocenters. The lowest BCUT2D eigenvalue weighted by atomic mass is 9.93. The third-order valence-electron chi connectivity index (χ3n) is 4.16. The minimum Gasteiger partial charge on any atom is -0.383 e. The van der Waals surface area contributed by atoms with Crippen LogP contribution in [0.25, 0.3) is 0 Å². The fraction of sp³-hybridized carbons (Fsp3) is 0.562. The van der Waals surface area contributed by atoms with Gasteiger partial charge in [0.15, 0.2) is 10.9 Å². The molecule has 23 heavy (non-hydrogen) atoms. The second-order valence-corrected chi connectivity index (χ2v) is 6.68. The van der Waals surface area contributed by atoms with E-state index in [1.807, 2.05) is 12.3 Å². The van der Waals surface area contributed by atoms with Gasteiger partial charge >= 0.3 is 0 Å². The molecule has 0 aliphatic carbocycles. The number of aromatic nitrogens is 3. The highest BCUT2D eigenvalue weighted by molar-refractivity contribution is 7.13. The summed E-state index contributed by atoms with van der Waals surface area (Å²) in [5.74, 6) is 1.29. The Hall–Kier alpha value is -1.57. The molecule has 1 aliphatic heterocycles. The van der Waals surface area contributed by atoms with E-state index >= 15 is 0 Å². The van der Waals surface area contributed by atoms with Gasteiger partial charge in [0.25, 0.3) is 0 Å². The number of rotatable bonds is 6. The molecule has 0 saturated carbocycles. The summed E-state index contributed by atoms with van der Waals surface area (Å²) >= 11 is 1.60. The highest BCUT2D eigenvalue weighted by Gasteiger charge is 2.24. The Morgan fingerprint density at radius 1 is 1.30 bits per heavy atom. The summed E-state index contributed by atoms with van der Waals surface area (Å²) in [6.07, 6.45) is 5.73. The standard InChI is InChI=1S/C16H23N5OS/c1-12-11-23-16(19-12)20-15-14(17-5-6-18-15)13-3-7-21(8-4-13)9-10-22-2/h5-6,11,13H,3-4,7-10H2,1-2H3,(H,18,19,20). The summed E-state index contributed by atoms with van der Waals surface area (Å²) in [6, 6.07) is 0. The highest BCUT2D eigenvalue weighted by Crippen LogP contribution is 2.32. The second-order valence-electron chi connectivity index (χ2n) is 5.82. The van der Waals surface area contributed by atoms with Crippen molar-refractivity contribution in [1.29, 1.82) is 0 Å². The van der Waals surface area contributed by atoms with Crippen molar-refractivity contribution in [3.05, 3.63) is 29.2 Å². The zero-order valence-corrected chi connectivity index (χ0v) is 14.5. The quantitative estimate of drug-likeness (QED) is 0.877. The molecule has 0 bridgehead atoms. The zero-order valence-electron chi connectivity index (χ0n) is 13.7. The Balaban J connectivity index is 1.66. The molecular formula is C16H23N5OS. The lowest BCUT2D eigenvalue weighted by Gasteiger charge is -2.31. The minimum atomic E-state index is 0.450. The summed E-state index contributed by atoms with van der Waals surface area (Å²) in [6.45, 7) is 5.97. The maximum absolute atomic E-state index is 5.16. The Morgan fingerprint density at radius 3 is 2.78 bits per heavy atom. The normalized spacial score (nSPS) is 16.6. The summed E-state index contributed by atoms with van der Waals surface area (Å²) in [7, 11) is 1.75. The van der Waals surface area contributed by atoms with Gasteiger partial charge in [0.2, 0.25) is 0 Å². The highest BCUT2D eigenvalue weighted by atomic mass is 32.1. The van der Waals surface area contributed by atoms with E-state index in [2.05, 4.69) is 25.2 Å². The Labute approximate surface area is 140 Å². The zero-order chi connectivity index (χ0) is 16.1. The molecule has 6 nitrogen and oxygen atoms in total. The van der Waals surface area contributed by atoms with Crippen molar-refractivity contribution < 1.29 is 4.74 Å². The van der Waals surface area contributed by atoms with Crippen LogP contribution in [0.4, 0.5) is 10.9 Å². The summed E-state index contributed by atoms with van der Waals surface area (Å²) < 4.78 is 5.16. The average Bonchev–Trinajstić information content (AvgIpc) is 2.99. The molecule has 1 fully saturated rings. The van der Waals surface area contributed by atoms with Crippen LogP contribution in [0.2, 0.25) is 0 Å². The summed E-state index contributed by atoms with van der Waals surface area (Å²) in [5.41, 5.74) is 2.08. The van der Waals surface area contributed by atoms with E-state index in [1.54, 1.807) is 30.8 Å². The number of nitrogens with one attached hydrogen (secondary N) is 1. The average molecular weight is 333 g/mol. The van der Waals surface area contributed by atoms with Gasteiger partial charge in [-0.05, 0) is 32.9 Å². The molecule has 1 saturated heterocycles. The fourth-order valence-electron chi connectivity index (χ4n) is 2.91. The van der Waals surface area contributed by atoms with Crippen LogP contribution in [0, 0.1) is 6.92 Å². The first-order valence-electron chi connectivity index (χ1n) is 7.97. The van der Waals surface area contributed by atoms with E-state index in [0.29, 0.717) is 5.92 Å². The number of hydrogen-bond acceptors (Lipinski definition) is 7. The number of methoxy groups -OCH3 is 1. The van der Waals surface area contributed by atoms with E-state index in [-0.39, 0.29) is 0 Å². The molecule has 0 atom stereocenters. The maximum Gasteiger partial charge on any atom is 0.188 e. The number of likely N-dealkylation sites (tertiary alicyclic amines) is 1. The van der Waals surface area contributed by atoms with E-state index in [9.17, 15) is 0 Å². The predicted molar refractivity (Wildman–Crippen MR) is 92.5 cm³/mol. The predicted octanol–water partition coefficient (Wildman–Crippen LogP) is 2.81. The molecule has 2 aromatic heterocycles. The molecule has 3 rings (SSSR count). The van der Waals surface area contributed by atoms with Gasteiger partial charge in [-0.25, -0.2) is 9.97 Å². The monoisotopic (exact) mass is 333 g/mol. The summed E-state index contributed by atoms with van der Waals surface area (Å²) in [5, 5.41) is 6.25. The molecule has 2 aromatic rings. The minimum absolute atomic E-state index is 0.450. The van der Waals surface area contributed by atoms with Crippen LogP contribution in [0.1, 0.15) is 30.1 Å². The van der Waals surface area contributed by atoms with Gasteiger partial charge in [0, 0.05) is 37.3 Å². The van der Waals surface area contributed by atoms with Gasteiger partial charge in [0.1, 0.15) is 0 Å². The SMILES string of the molecule is COCCN1CCC(c2nccnc2Nc2nc(C)cs2)CC1. The largest absolute Gasteiger partial charge is 0.383 e. The van der Waals surface area contributed by atoms with E-state index < -0.39 is 0 Å². The van der Waals surface area contributed by atoms with Gasteiger partial charge in [-0.3, -0.25) is 4.98 Å². The third kappa shape index (κ3) is 4.25. The van der Waals surface area contributed by atoms with Crippen LogP contribution < -0.4 is 5.32 Å². The lowest BCUT2D eigenvalue weighted by Crippen LogP contribution is -2.35. The number of piperidine rings is 1. The van der Waals surface area contributed by atoms with Crippen molar-refractivity contribution in [2.24, 2.45) is 0 Å². The van der Waals surface area contributed by atoms with Crippen molar-refractivity contribution >= 4 is 22.3 Å². The number of anilines is 2. The smallest absolute Gasteiger partial charge is 0.188 e. The van der Waals surface area contributed by atoms with Gasteiger partial charge in [-0.2, -0.15) is 0 Å². The van der Waals surface area contributed by atoms with Crippen LogP contribution in [0.15, 0.2) is 17.8 Å². The Bertz CT molecular complexity index is 624. The Kier molecular flexibility index (Phi) is 5.53. The number of ether oxygens (including phenoxy) is 1. The third-order valence-corrected chi connectivity index (χ3v) is 5.03. The van der Waals surface area contributed by atoms with Crippen molar-refractivity contribution in [3.63, 3.8) is 0 Å². The number of thiazole rings is 1. The van der Waals surface area contributed by atoms with Crippen molar-refractivity contribution in [2.45, 2.75) is 25.7 Å². The van der Waals surface area contributed by atoms with Gasteiger partial charge in [-0.15, -0.1) is 11.3 Å².